The van der Waals surface area contributed by atoms with Gasteiger partial charge in [0.2, 0.25) is 0 Å². The maximum Gasteiger partial charge on any atom is 0.0906 e. The number of hydrogen-bond acceptors (Lipinski definition) is 4. The Bertz CT molecular complexity index is 779. The second-order valence-electron chi connectivity index (χ2n) is 5.55. The molecular formula is C21H19IrN3S-2. The molecule has 4 rings (SSSR count). The van der Waals surface area contributed by atoms with E-state index in [2.05, 4.69) is 21.3 Å². The number of rotatable bonds is 3. The fourth-order valence-electron chi connectivity index (χ4n) is 2.34. The van der Waals surface area contributed by atoms with Crippen molar-refractivity contribution in [3.8, 4) is 11.3 Å². The second kappa shape index (κ2) is 10.1. The molecule has 1 radical (unpaired) electrons. The molecule has 1 aliphatic rings. The van der Waals surface area contributed by atoms with Gasteiger partial charge in [-0.1, -0.05) is 17.5 Å². The van der Waals surface area contributed by atoms with Crippen LogP contribution in [0.15, 0.2) is 77.9 Å². The third-order valence-corrected chi connectivity index (χ3v) is 4.34. The van der Waals surface area contributed by atoms with Crippen LogP contribution in [0.5, 0.6) is 0 Å². The van der Waals surface area contributed by atoms with Gasteiger partial charge in [-0.05, 0) is 17.1 Å². The maximum atomic E-state index is 5.98. The summed E-state index contributed by atoms with van der Waals surface area (Å²) in [6.07, 6.45) is 5.79. The number of benzene rings is 1. The van der Waals surface area contributed by atoms with Crippen molar-refractivity contribution in [3.63, 3.8) is 0 Å². The van der Waals surface area contributed by atoms with Gasteiger partial charge in [0.1, 0.15) is 0 Å². The number of thiophene rings is 1. The fraction of sp³-hybridized carbons (Fsp3) is 0.0952. The summed E-state index contributed by atoms with van der Waals surface area (Å²) >= 11 is 1.66. The predicted molar refractivity (Wildman–Crippen MR) is 104 cm³/mol. The van der Waals surface area contributed by atoms with Crippen molar-refractivity contribution in [1.82, 2.24) is 14.8 Å². The summed E-state index contributed by atoms with van der Waals surface area (Å²) < 4.78 is 0. The van der Waals surface area contributed by atoms with Crippen LogP contribution in [0, 0.1) is 12.6 Å². The smallest absolute Gasteiger partial charge is 0.0906 e. The fourth-order valence-corrected chi connectivity index (χ4v) is 2.99. The minimum absolute atomic E-state index is 0. The first-order valence-corrected chi connectivity index (χ1v) is 8.86. The summed E-state index contributed by atoms with van der Waals surface area (Å²) in [5.74, 6) is 0. The summed E-state index contributed by atoms with van der Waals surface area (Å²) in [6, 6.07) is 18.9. The molecule has 0 amide bonds. The van der Waals surface area contributed by atoms with Crippen molar-refractivity contribution in [3.05, 3.63) is 96.1 Å². The Balaban J connectivity index is 0.000000180. The van der Waals surface area contributed by atoms with Crippen LogP contribution in [0.4, 0.5) is 0 Å². The van der Waals surface area contributed by atoms with Crippen molar-refractivity contribution < 1.29 is 20.1 Å². The van der Waals surface area contributed by atoms with Gasteiger partial charge in [-0.3, -0.25) is 6.58 Å². The van der Waals surface area contributed by atoms with Crippen molar-refractivity contribution in [2.75, 3.05) is 13.7 Å². The Morgan fingerprint density at radius 1 is 1.15 bits per heavy atom. The van der Waals surface area contributed by atoms with E-state index in [1.807, 2.05) is 78.3 Å². The minimum atomic E-state index is 0. The van der Waals surface area contributed by atoms with Gasteiger partial charge in [-0.15, -0.1) is 53.2 Å². The first-order chi connectivity index (χ1) is 12.2. The molecule has 3 nitrogen and oxygen atoms in total. The van der Waals surface area contributed by atoms with Gasteiger partial charge in [0, 0.05) is 45.7 Å². The van der Waals surface area contributed by atoms with Gasteiger partial charge in [0.25, 0.3) is 0 Å². The molecule has 0 fully saturated rings. The van der Waals surface area contributed by atoms with E-state index in [4.69, 9.17) is 6.58 Å². The van der Waals surface area contributed by atoms with Gasteiger partial charge < -0.3 is 14.8 Å². The van der Waals surface area contributed by atoms with E-state index in [1.54, 1.807) is 17.5 Å². The van der Waals surface area contributed by atoms with E-state index in [0.29, 0.717) is 0 Å². The molecule has 3 aromatic rings. The van der Waals surface area contributed by atoms with Crippen LogP contribution in [-0.4, -0.2) is 28.5 Å². The van der Waals surface area contributed by atoms with Crippen molar-refractivity contribution in [2.45, 2.75) is 0 Å². The minimum Gasteiger partial charge on any atom is -0.363 e. The monoisotopic (exact) mass is 538 g/mol. The van der Waals surface area contributed by atoms with Crippen LogP contribution in [0.1, 0.15) is 5.56 Å². The Morgan fingerprint density at radius 2 is 2.00 bits per heavy atom. The predicted octanol–water partition coefficient (Wildman–Crippen LogP) is 4.74. The largest absolute Gasteiger partial charge is 0.363 e. The molecule has 2 aromatic heterocycles. The van der Waals surface area contributed by atoms with Crippen LogP contribution in [0.3, 0.4) is 0 Å². The molecule has 1 aromatic carbocycles. The van der Waals surface area contributed by atoms with Gasteiger partial charge >= 0.3 is 0 Å². The van der Waals surface area contributed by atoms with E-state index >= 15 is 0 Å². The van der Waals surface area contributed by atoms with E-state index in [-0.39, 0.29) is 20.1 Å². The van der Waals surface area contributed by atoms with Gasteiger partial charge in [0.15, 0.2) is 0 Å². The number of aromatic nitrogens is 1. The molecule has 0 atom stereocenters. The third kappa shape index (κ3) is 5.40. The molecule has 26 heavy (non-hydrogen) atoms. The molecule has 135 valence electrons. The quantitative estimate of drug-likeness (QED) is 0.450. The molecule has 1 aliphatic heterocycles. The summed E-state index contributed by atoms with van der Waals surface area (Å²) in [6.45, 7) is 6.81. The maximum absolute atomic E-state index is 5.98. The Morgan fingerprint density at radius 3 is 2.58 bits per heavy atom. The van der Waals surface area contributed by atoms with E-state index in [1.165, 1.54) is 0 Å². The normalized spacial score (nSPS) is 12.2. The van der Waals surface area contributed by atoms with E-state index in [0.717, 1.165) is 29.2 Å². The molecule has 0 bridgehead atoms. The third-order valence-electron chi connectivity index (χ3n) is 3.65. The van der Waals surface area contributed by atoms with Crippen LogP contribution in [0.2, 0.25) is 0 Å². The average Bonchev–Trinajstić information content (AvgIpc) is 3.35. The number of pyridine rings is 1. The zero-order valence-corrected chi connectivity index (χ0v) is 17.6. The van der Waals surface area contributed by atoms with Gasteiger partial charge in [-0.25, -0.2) is 0 Å². The topological polar surface area (TPSA) is 19.4 Å². The molecule has 0 saturated carbocycles. The van der Waals surface area contributed by atoms with E-state index < -0.39 is 0 Å². The first-order valence-electron chi connectivity index (χ1n) is 7.92. The zero-order valence-electron chi connectivity index (χ0n) is 14.4. The molecule has 0 saturated heterocycles. The van der Waals surface area contributed by atoms with Gasteiger partial charge in [0.05, 0.1) is 6.67 Å². The molecule has 0 unspecified atom stereocenters. The van der Waals surface area contributed by atoms with Crippen molar-refractivity contribution in [2.24, 2.45) is 0 Å². The number of nitrogens with zero attached hydrogens (tertiary/aromatic N) is 3. The summed E-state index contributed by atoms with van der Waals surface area (Å²) in [4.78, 5) is 8.33. The van der Waals surface area contributed by atoms with Crippen molar-refractivity contribution in [1.29, 1.82) is 0 Å². The van der Waals surface area contributed by atoms with E-state index in [9.17, 15) is 0 Å². The van der Waals surface area contributed by atoms with Crippen LogP contribution < -0.4 is 0 Å². The SMILES string of the molecule is [CH-]=C(c1ccsc1)N1C=CN(C)C1.[Ir].[c-]1ccccc1-c1ccccn1. The standard InChI is InChI=1S/C11H8N.C10H11N2S.Ir/c1-2-6-10(7-3-1)11-8-4-5-9-12-11;1-9(10-3-6-13-7-10)12-5-4-11(2)8-12;/h1-6,8-9H;1,3-7H,8H2,2H3;/q2*-1;. The molecular weight excluding hydrogens is 519 g/mol. The second-order valence-corrected chi connectivity index (χ2v) is 6.33. The Hall–Kier alpha value is -2.20. The number of hydrogen-bond donors (Lipinski definition) is 0. The molecule has 0 aliphatic carbocycles. The molecule has 0 N–H and O–H groups in total. The van der Waals surface area contributed by atoms with Gasteiger partial charge in [-0.2, -0.15) is 11.3 Å². The molecule has 5 heteroatoms. The van der Waals surface area contributed by atoms with Crippen LogP contribution >= 0.6 is 11.3 Å². The van der Waals surface area contributed by atoms with Crippen LogP contribution in [0.25, 0.3) is 17.0 Å². The molecule has 3 heterocycles. The summed E-state index contributed by atoms with van der Waals surface area (Å²) in [5, 5.41) is 4.09. The van der Waals surface area contributed by atoms with Crippen molar-refractivity contribution >= 4 is 17.0 Å². The average molecular weight is 538 g/mol. The first kappa shape index (κ1) is 20.1. The summed E-state index contributed by atoms with van der Waals surface area (Å²) in [5.41, 5.74) is 3.93. The molecule has 0 spiro atoms. The summed E-state index contributed by atoms with van der Waals surface area (Å²) in [7, 11) is 2.03. The Kier molecular flexibility index (Phi) is 7.79. The Labute approximate surface area is 172 Å². The zero-order chi connectivity index (χ0) is 17.5. The van der Waals surface area contributed by atoms with Crippen LogP contribution in [-0.2, 0) is 20.1 Å².